The molecule has 0 radical (unpaired) electrons. The third kappa shape index (κ3) is 3.34. The maximum absolute atomic E-state index is 5.40. The highest BCUT2D eigenvalue weighted by atomic mass is 16.5. The van der Waals surface area contributed by atoms with E-state index < -0.39 is 0 Å². The average Bonchev–Trinajstić information content (AvgIpc) is 2.48. The van der Waals surface area contributed by atoms with Crippen molar-refractivity contribution in [3.63, 3.8) is 0 Å². The molecule has 0 atom stereocenters. The van der Waals surface area contributed by atoms with Crippen LogP contribution in [-0.2, 0) is 11.3 Å². The van der Waals surface area contributed by atoms with Crippen LogP contribution in [0.25, 0.3) is 0 Å². The first-order valence-electron chi connectivity index (χ1n) is 6.00. The van der Waals surface area contributed by atoms with E-state index in [1.165, 1.54) is 0 Å². The van der Waals surface area contributed by atoms with E-state index in [2.05, 4.69) is 20.7 Å². The lowest BCUT2D eigenvalue weighted by Crippen LogP contribution is -2.12. The fourth-order valence-corrected chi connectivity index (χ4v) is 1.71. The van der Waals surface area contributed by atoms with Gasteiger partial charge in [-0.25, -0.2) is 15.8 Å². The quantitative estimate of drug-likeness (QED) is 0.545. The normalized spacial score (nSPS) is 10.2. The Hall–Kier alpha value is -2.38. The van der Waals surface area contributed by atoms with Crippen LogP contribution in [0, 0.1) is 0 Å². The maximum Gasteiger partial charge on any atom is 0.158 e. The van der Waals surface area contributed by atoms with Gasteiger partial charge in [-0.3, -0.25) is 0 Å². The highest BCUT2D eigenvalue weighted by Crippen LogP contribution is 2.26. The summed E-state index contributed by atoms with van der Waals surface area (Å²) in [5.74, 6) is 7.76. The SMILES string of the molecule is COCc1nc(NN)cc(Nc2ccccc2OC)n1. The Morgan fingerprint density at radius 2 is 1.90 bits per heavy atom. The number of ether oxygens (including phenoxy) is 2. The van der Waals surface area contributed by atoms with Gasteiger partial charge in [0.15, 0.2) is 5.82 Å². The summed E-state index contributed by atoms with van der Waals surface area (Å²) in [5, 5.41) is 3.17. The molecule has 0 bridgehead atoms. The first kappa shape index (κ1) is 14.0. The summed E-state index contributed by atoms with van der Waals surface area (Å²) in [6, 6.07) is 9.26. The Balaban J connectivity index is 2.30. The second kappa shape index (κ2) is 6.69. The predicted molar refractivity (Wildman–Crippen MR) is 76.8 cm³/mol. The van der Waals surface area contributed by atoms with Crippen LogP contribution in [0.2, 0.25) is 0 Å². The highest BCUT2D eigenvalue weighted by Gasteiger charge is 2.07. The summed E-state index contributed by atoms with van der Waals surface area (Å²) in [6.45, 7) is 0.302. The number of benzene rings is 1. The van der Waals surface area contributed by atoms with Crippen LogP contribution in [0.1, 0.15) is 5.82 Å². The molecule has 1 aromatic heterocycles. The second-order valence-electron chi connectivity index (χ2n) is 3.96. The molecule has 0 aliphatic rings. The molecule has 0 amide bonds. The Morgan fingerprint density at radius 3 is 2.60 bits per heavy atom. The monoisotopic (exact) mass is 275 g/mol. The number of nitrogens with two attached hydrogens (primary N) is 1. The first-order valence-corrected chi connectivity index (χ1v) is 6.00. The molecule has 2 aromatic rings. The molecule has 0 aliphatic heterocycles. The van der Waals surface area contributed by atoms with E-state index in [1.807, 2.05) is 24.3 Å². The lowest BCUT2D eigenvalue weighted by molar-refractivity contribution is 0.178. The van der Waals surface area contributed by atoms with Gasteiger partial charge in [0, 0.05) is 13.2 Å². The number of methoxy groups -OCH3 is 2. The number of hydrogen-bond donors (Lipinski definition) is 3. The predicted octanol–water partition coefficient (Wildman–Crippen LogP) is 1.66. The standard InChI is InChI=1S/C13H17N5O2/c1-19-8-13-16-11(7-12(17-13)18-14)15-9-5-3-4-6-10(9)20-2/h3-7H,8,14H2,1-2H3,(H2,15,16,17,18). The topological polar surface area (TPSA) is 94.3 Å². The number of nitrogens with zero attached hydrogens (tertiary/aromatic N) is 2. The van der Waals surface area contributed by atoms with Gasteiger partial charge in [0.05, 0.1) is 12.8 Å². The number of nitrogen functional groups attached to an aromatic ring is 1. The zero-order valence-electron chi connectivity index (χ0n) is 11.4. The van der Waals surface area contributed by atoms with Gasteiger partial charge in [-0.15, -0.1) is 0 Å². The van der Waals surface area contributed by atoms with Crippen molar-refractivity contribution in [2.24, 2.45) is 5.84 Å². The molecule has 0 fully saturated rings. The molecule has 0 saturated carbocycles. The minimum absolute atomic E-state index is 0.302. The van der Waals surface area contributed by atoms with Crippen molar-refractivity contribution in [3.05, 3.63) is 36.2 Å². The lowest BCUT2D eigenvalue weighted by Gasteiger charge is -2.12. The number of nitrogens with one attached hydrogen (secondary N) is 2. The minimum Gasteiger partial charge on any atom is -0.495 e. The number of para-hydroxylation sites is 2. The van der Waals surface area contributed by atoms with Gasteiger partial charge in [0.2, 0.25) is 0 Å². The Labute approximate surface area is 117 Å². The smallest absolute Gasteiger partial charge is 0.158 e. The van der Waals surface area contributed by atoms with Gasteiger partial charge in [0.1, 0.15) is 24.0 Å². The summed E-state index contributed by atoms with van der Waals surface area (Å²) < 4.78 is 10.3. The molecule has 0 unspecified atom stereocenters. The van der Waals surface area contributed by atoms with Crippen LogP contribution in [-0.4, -0.2) is 24.2 Å². The molecule has 0 saturated heterocycles. The van der Waals surface area contributed by atoms with E-state index in [0.717, 1.165) is 11.4 Å². The molecule has 7 nitrogen and oxygen atoms in total. The molecule has 0 aliphatic carbocycles. The van der Waals surface area contributed by atoms with Crippen molar-refractivity contribution >= 4 is 17.3 Å². The number of hydrogen-bond acceptors (Lipinski definition) is 7. The summed E-state index contributed by atoms with van der Waals surface area (Å²) in [4.78, 5) is 8.53. The van der Waals surface area contributed by atoms with Crippen LogP contribution >= 0.6 is 0 Å². The van der Waals surface area contributed by atoms with Crippen LogP contribution in [0.4, 0.5) is 17.3 Å². The van der Waals surface area contributed by atoms with E-state index >= 15 is 0 Å². The Bertz CT molecular complexity index is 576. The summed E-state index contributed by atoms with van der Waals surface area (Å²) in [7, 11) is 3.20. The zero-order valence-corrected chi connectivity index (χ0v) is 11.4. The lowest BCUT2D eigenvalue weighted by atomic mass is 10.3. The number of anilines is 3. The van der Waals surface area contributed by atoms with Gasteiger partial charge in [0.25, 0.3) is 0 Å². The molecule has 7 heteroatoms. The summed E-state index contributed by atoms with van der Waals surface area (Å²) >= 11 is 0. The number of aromatic nitrogens is 2. The van der Waals surface area contributed by atoms with E-state index in [-0.39, 0.29) is 0 Å². The summed E-state index contributed by atoms with van der Waals surface area (Å²) in [5.41, 5.74) is 3.31. The molecular formula is C13H17N5O2. The molecule has 20 heavy (non-hydrogen) atoms. The second-order valence-corrected chi connectivity index (χ2v) is 3.96. The number of hydrazine groups is 1. The van der Waals surface area contributed by atoms with Gasteiger partial charge in [-0.2, -0.15) is 0 Å². The van der Waals surface area contributed by atoms with Gasteiger partial charge in [-0.05, 0) is 12.1 Å². The fraction of sp³-hybridized carbons (Fsp3) is 0.231. The van der Waals surface area contributed by atoms with Crippen molar-refractivity contribution in [3.8, 4) is 5.75 Å². The zero-order chi connectivity index (χ0) is 14.4. The molecule has 2 rings (SSSR count). The van der Waals surface area contributed by atoms with E-state index in [0.29, 0.717) is 24.1 Å². The van der Waals surface area contributed by atoms with Crippen molar-refractivity contribution in [1.82, 2.24) is 9.97 Å². The Morgan fingerprint density at radius 1 is 1.15 bits per heavy atom. The first-order chi connectivity index (χ1) is 9.76. The van der Waals surface area contributed by atoms with Crippen LogP contribution in [0.5, 0.6) is 5.75 Å². The van der Waals surface area contributed by atoms with Gasteiger partial charge in [-0.1, -0.05) is 12.1 Å². The maximum atomic E-state index is 5.40. The van der Waals surface area contributed by atoms with Crippen molar-refractivity contribution in [1.29, 1.82) is 0 Å². The fourth-order valence-electron chi connectivity index (χ4n) is 1.71. The van der Waals surface area contributed by atoms with E-state index in [9.17, 15) is 0 Å². The molecular weight excluding hydrogens is 258 g/mol. The third-order valence-corrected chi connectivity index (χ3v) is 2.56. The van der Waals surface area contributed by atoms with Gasteiger partial charge < -0.3 is 20.2 Å². The average molecular weight is 275 g/mol. The summed E-state index contributed by atoms with van der Waals surface area (Å²) in [6.07, 6.45) is 0. The molecule has 4 N–H and O–H groups in total. The van der Waals surface area contributed by atoms with Crippen LogP contribution < -0.4 is 21.3 Å². The molecule has 1 heterocycles. The molecule has 1 aromatic carbocycles. The van der Waals surface area contributed by atoms with Crippen molar-refractivity contribution in [2.45, 2.75) is 6.61 Å². The van der Waals surface area contributed by atoms with Crippen molar-refractivity contribution in [2.75, 3.05) is 25.0 Å². The van der Waals surface area contributed by atoms with Crippen molar-refractivity contribution < 1.29 is 9.47 Å². The number of rotatable bonds is 6. The van der Waals surface area contributed by atoms with Gasteiger partial charge >= 0.3 is 0 Å². The van der Waals surface area contributed by atoms with E-state index in [4.69, 9.17) is 15.3 Å². The highest BCUT2D eigenvalue weighted by molar-refractivity contribution is 5.65. The minimum atomic E-state index is 0.302. The largest absolute Gasteiger partial charge is 0.495 e. The van der Waals surface area contributed by atoms with Crippen LogP contribution in [0.3, 0.4) is 0 Å². The third-order valence-electron chi connectivity index (χ3n) is 2.56. The van der Waals surface area contributed by atoms with E-state index in [1.54, 1.807) is 20.3 Å². The molecule has 106 valence electrons. The molecule has 0 spiro atoms. The van der Waals surface area contributed by atoms with Crippen LogP contribution in [0.15, 0.2) is 30.3 Å². The Kier molecular flexibility index (Phi) is 4.70.